The van der Waals surface area contributed by atoms with Crippen molar-refractivity contribution >= 4 is 17.2 Å². The van der Waals surface area contributed by atoms with E-state index in [1.54, 1.807) is 33.9 Å². The summed E-state index contributed by atoms with van der Waals surface area (Å²) in [5.74, 6) is 0.596. The molecule has 0 aliphatic carbocycles. The fourth-order valence-electron chi connectivity index (χ4n) is 3.62. The summed E-state index contributed by atoms with van der Waals surface area (Å²) in [6.07, 6.45) is 5.24. The van der Waals surface area contributed by atoms with Crippen LogP contribution in [-0.2, 0) is 4.79 Å². The molecular formula is C21H19N7O. The van der Waals surface area contributed by atoms with Gasteiger partial charge in [-0.3, -0.25) is 4.79 Å². The molecule has 0 saturated carbocycles. The maximum atomic E-state index is 12.0. The zero-order chi connectivity index (χ0) is 20.2. The molecule has 1 aliphatic heterocycles. The molecule has 1 atom stereocenters. The highest BCUT2D eigenvalue weighted by Crippen LogP contribution is 2.25. The van der Waals surface area contributed by atoms with Gasteiger partial charge in [0.2, 0.25) is 5.91 Å². The van der Waals surface area contributed by atoms with Crippen molar-refractivity contribution in [3.63, 3.8) is 0 Å². The zero-order valence-electron chi connectivity index (χ0n) is 15.7. The summed E-state index contributed by atoms with van der Waals surface area (Å²) >= 11 is 0. The smallest absolute Gasteiger partial charge is 0.236 e. The Bertz CT molecular complexity index is 1140. The van der Waals surface area contributed by atoms with Crippen LogP contribution in [0.15, 0.2) is 42.7 Å². The summed E-state index contributed by atoms with van der Waals surface area (Å²) in [5, 5.41) is 25.7. The van der Waals surface area contributed by atoms with Gasteiger partial charge in [-0.2, -0.15) is 15.6 Å². The molecular weight excluding hydrogens is 366 g/mol. The Hall–Kier alpha value is -3.91. The Morgan fingerprint density at radius 1 is 1.31 bits per heavy atom. The number of hydrogen-bond acceptors (Lipinski definition) is 6. The number of nitrogens with one attached hydrogen (secondary N) is 1. The monoisotopic (exact) mass is 385 g/mol. The lowest BCUT2D eigenvalue weighted by Crippen LogP contribution is -2.45. The Labute approximate surface area is 168 Å². The molecule has 3 aromatic heterocycles. The molecule has 1 unspecified atom stereocenters. The summed E-state index contributed by atoms with van der Waals surface area (Å²) in [5.41, 5.74) is 2.99. The summed E-state index contributed by atoms with van der Waals surface area (Å²) in [6, 6.07) is 13.4. The van der Waals surface area contributed by atoms with E-state index in [0.717, 1.165) is 35.4 Å². The van der Waals surface area contributed by atoms with Gasteiger partial charge in [0.05, 0.1) is 35.1 Å². The first kappa shape index (κ1) is 18.5. The van der Waals surface area contributed by atoms with Crippen LogP contribution in [0.5, 0.6) is 0 Å². The van der Waals surface area contributed by atoms with Gasteiger partial charge in [0.1, 0.15) is 12.2 Å². The minimum atomic E-state index is -0.125. The molecule has 8 heteroatoms. The Morgan fingerprint density at radius 2 is 2.21 bits per heavy atom. The molecule has 1 amide bonds. The number of hydrogen-bond donors (Lipinski definition) is 1. The van der Waals surface area contributed by atoms with Crippen LogP contribution >= 0.6 is 0 Å². The number of piperidine rings is 1. The highest BCUT2D eigenvalue weighted by molar-refractivity contribution is 5.79. The van der Waals surface area contributed by atoms with Crippen molar-refractivity contribution in [2.75, 3.05) is 18.4 Å². The summed E-state index contributed by atoms with van der Waals surface area (Å²) < 4.78 is 1.72. The molecule has 0 aromatic carbocycles. The van der Waals surface area contributed by atoms with E-state index >= 15 is 0 Å². The van der Waals surface area contributed by atoms with Gasteiger partial charge in [0.25, 0.3) is 0 Å². The molecule has 4 heterocycles. The SMILES string of the molecule is N#CCC(=O)N1CCCC(Nc2cccc(-c3cnn4ccc(C#N)cc34)n2)C1. The number of nitriles is 2. The van der Waals surface area contributed by atoms with E-state index < -0.39 is 0 Å². The summed E-state index contributed by atoms with van der Waals surface area (Å²) in [7, 11) is 0. The molecule has 29 heavy (non-hydrogen) atoms. The zero-order valence-corrected chi connectivity index (χ0v) is 15.7. The third kappa shape index (κ3) is 3.87. The van der Waals surface area contributed by atoms with Gasteiger partial charge in [0, 0.05) is 30.9 Å². The molecule has 1 saturated heterocycles. The third-order valence-electron chi connectivity index (χ3n) is 5.03. The van der Waals surface area contributed by atoms with Crippen molar-refractivity contribution in [1.29, 1.82) is 10.5 Å². The number of aromatic nitrogens is 3. The van der Waals surface area contributed by atoms with Crippen LogP contribution < -0.4 is 5.32 Å². The van der Waals surface area contributed by atoms with E-state index in [-0.39, 0.29) is 18.4 Å². The summed E-state index contributed by atoms with van der Waals surface area (Å²) in [6.45, 7) is 1.25. The Balaban J connectivity index is 1.55. The fraction of sp³-hybridized carbons (Fsp3) is 0.286. The van der Waals surface area contributed by atoms with E-state index in [9.17, 15) is 4.79 Å². The molecule has 144 valence electrons. The highest BCUT2D eigenvalue weighted by Gasteiger charge is 2.23. The molecule has 0 spiro atoms. The average molecular weight is 385 g/mol. The number of fused-ring (bicyclic) bond motifs is 1. The number of rotatable bonds is 4. The molecule has 4 rings (SSSR count). The largest absolute Gasteiger partial charge is 0.366 e. The van der Waals surface area contributed by atoms with Crippen LogP contribution in [0, 0.1) is 22.7 Å². The van der Waals surface area contributed by atoms with Gasteiger partial charge in [-0.05, 0) is 37.1 Å². The number of nitrogens with zero attached hydrogens (tertiary/aromatic N) is 6. The lowest BCUT2D eigenvalue weighted by atomic mass is 10.1. The van der Waals surface area contributed by atoms with E-state index in [1.165, 1.54) is 0 Å². The second-order valence-corrected chi connectivity index (χ2v) is 6.98. The van der Waals surface area contributed by atoms with Crippen LogP contribution in [0.2, 0.25) is 0 Å². The standard InChI is InChI=1S/C21H19N7O/c22-8-6-21(29)27-9-2-3-16(14-27)25-20-5-1-4-18(26-20)17-13-24-28-10-7-15(12-23)11-19(17)28/h1,4-5,7,10-11,13,16H,2-3,6,9,14H2,(H,25,26). The number of likely N-dealkylation sites (tertiary alicyclic amines) is 1. The van der Waals surface area contributed by atoms with Crippen LogP contribution in [0.25, 0.3) is 16.8 Å². The van der Waals surface area contributed by atoms with E-state index in [2.05, 4.69) is 16.5 Å². The predicted molar refractivity (Wildman–Crippen MR) is 107 cm³/mol. The first-order valence-electron chi connectivity index (χ1n) is 9.44. The quantitative estimate of drug-likeness (QED) is 0.739. The number of anilines is 1. The maximum Gasteiger partial charge on any atom is 0.236 e. The fourth-order valence-corrected chi connectivity index (χ4v) is 3.62. The van der Waals surface area contributed by atoms with E-state index in [4.69, 9.17) is 15.5 Å². The highest BCUT2D eigenvalue weighted by atomic mass is 16.2. The van der Waals surface area contributed by atoms with Gasteiger partial charge in [0.15, 0.2) is 0 Å². The number of amides is 1. The van der Waals surface area contributed by atoms with Crippen molar-refractivity contribution in [3.8, 4) is 23.4 Å². The lowest BCUT2D eigenvalue weighted by Gasteiger charge is -2.33. The van der Waals surface area contributed by atoms with Gasteiger partial charge in [-0.25, -0.2) is 9.50 Å². The third-order valence-corrected chi connectivity index (χ3v) is 5.03. The molecule has 8 nitrogen and oxygen atoms in total. The van der Waals surface area contributed by atoms with Crippen LogP contribution in [-0.4, -0.2) is 44.5 Å². The molecule has 1 N–H and O–H groups in total. The molecule has 0 radical (unpaired) electrons. The van der Waals surface area contributed by atoms with Crippen LogP contribution in [0.1, 0.15) is 24.8 Å². The summed E-state index contributed by atoms with van der Waals surface area (Å²) in [4.78, 5) is 18.5. The van der Waals surface area contributed by atoms with Crippen LogP contribution in [0.3, 0.4) is 0 Å². The van der Waals surface area contributed by atoms with Crippen molar-refractivity contribution < 1.29 is 4.79 Å². The number of carbonyl (C=O) groups excluding carboxylic acids is 1. The number of carbonyl (C=O) groups is 1. The first-order chi connectivity index (χ1) is 14.2. The topological polar surface area (TPSA) is 110 Å². The lowest BCUT2D eigenvalue weighted by molar-refractivity contribution is -0.131. The second kappa shape index (κ2) is 7.99. The second-order valence-electron chi connectivity index (χ2n) is 6.98. The number of pyridine rings is 2. The minimum Gasteiger partial charge on any atom is -0.366 e. The average Bonchev–Trinajstić information content (AvgIpc) is 3.17. The molecule has 1 fully saturated rings. The molecule has 1 aliphatic rings. The van der Waals surface area contributed by atoms with Gasteiger partial charge in [-0.1, -0.05) is 6.07 Å². The molecule has 0 bridgehead atoms. The van der Waals surface area contributed by atoms with Crippen LogP contribution in [0.4, 0.5) is 5.82 Å². The van der Waals surface area contributed by atoms with Crippen molar-refractivity contribution in [2.45, 2.75) is 25.3 Å². The van der Waals surface area contributed by atoms with Crippen molar-refractivity contribution in [3.05, 3.63) is 48.3 Å². The first-order valence-corrected chi connectivity index (χ1v) is 9.44. The Morgan fingerprint density at radius 3 is 3.03 bits per heavy atom. The minimum absolute atomic E-state index is 0.0835. The molecule has 3 aromatic rings. The maximum absolute atomic E-state index is 12.0. The van der Waals surface area contributed by atoms with Gasteiger partial charge < -0.3 is 10.2 Å². The van der Waals surface area contributed by atoms with E-state index in [1.807, 2.05) is 24.3 Å². The normalized spacial score (nSPS) is 16.2. The van der Waals surface area contributed by atoms with Crippen molar-refractivity contribution in [2.24, 2.45) is 0 Å². The van der Waals surface area contributed by atoms with E-state index in [0.29, 0.717) is 18.7 Å². The van der Waals surface area contributed by atoms with Gasteiger partial charge in [-0.15, -0.1) is 0 Å². The van der Waals surface area contributed by atoms with Gasteiger partial charge >= 0.3 is 0 Å². The predicted octanol–water partition coefficient (Wildman–Crippen LogP) is 2.58. The Kier molecular flexibility index (Phi) is 5.08. The van der Waals surface area contributed by atoms with Crippen molar-refractivity contribution in [1.82, 2.24) is 19.5 Å².